The van der Waals surface area contributed by atoms with E-state index in [0.717, 1.165) is 22.2 Å². The monoisotopic (exact) mass is 456 g/mol. The summed E-state index contributed by atoms with van der Waals surface area (Å²) in [4.78, 5) is 30.9. The molecule has 0 atom stereocenters. The molecule has 0 aliphatic rings. The van der Waals surface area contributed by atoms with E-state index in [9.17, 15) is 14.0 Å². The van der Waals surface area contributed by atoms with Crippen LogP contribution in [0.2, 0.25) is 0 Å². The fraction of sp³-hybridized carbons (Fsp3) is 0.115. The smallest absolute Gasteiger partial charge is 0.278 e. The van der Waals surface area contributed by atoms with Gasteiger partial charge in [-0.1, -0.05) is 36.4 Å². The third kappa shape index (κ3) is 4.01. The van der Waals surface area contributed by atoms with Crippen molar-refractivity contribution in [3.05, 3.63) is 101 Å². The van der Waals surface area contributed by atoms with Crippen molar-refractivity contribution in [3.8, 4) is 5.75 Å². The molecule has 0 aliphatic heterocycles. The van der Waals surface area contributed by atoms with Gasteiger partial charge in [-0.3, -0.25) is 14.2 Å². The van der Waals surface area contributed by atoms with Gasteiger partial charge in [-0.15, -0.1) is 0 Å². The number of fused-ring (bicyclic) bond motifs is 3. The molecule has 34 heavy (non-hydrogen) atoms. The van der Waals surface area contributed by atoms with Gasteiger partial charge in [0.15, 0.2) is 0 Å². The van der Waals surface area contributed by atoms with Crippen LogP contribution in [-0.4, -0.2) is 27.1 Å². The van der Waals surface area contributed by atoms with E-state index in [4.69, 9.17) is 4.74 Å². The molecule has 0 fully saturated rings. The maximum atomic E-state index is 13.5. The number of hydrogen-bond acceptors (Lipinski definition) is 4. The summed E-state index contributed by atoms with van der Waals surface area (Å²) in [6, 6.07) is 20.5. The van der Waals surface area contributed by atoms with E-state index in [2.05, 4.69) is 10.3 Å². The average Bonchev–Trinajstić information content (AvgIpc) is 3.15. The van der Waals surface area contributed by atoms with Gasteiger partial charge < -0.3 is 14.6 Å². The number of rotatable bonds is 6. The minimum absolute atomic E-state index is 0.121. The molecule has 0 bridgehead atoms. The van der Waals surface area contributed by atoms with Crippen molar-refractivity contribution in [1.29, 1.82) is 0 Å². The zero-order valence-electron chi connectivity index (χ0n) is 18.4. The van der Waals surface area contributed by atoms with Crippen LogP contribution in [0.1, 0.15) is 5.56 Å². The summed E-state index contributed by atoms with van der Waals surface area (Å²) in [7, 11) is 1.60. The van der Waals surface area contributed by atoms with E-state index in [1.807, 2.05) is 48.5 Å². The second-order valence-corrected chi connectivity index (χ2v) is 7.88. The third-order valence-corrected chi connectivity index (χ3v) is 5.66. The summed E-state index contributed by atoms with van der Waals surface area (Å²) in [5.41, 5.74) is 2.60. The molecule has 0 spiro atoms. The van der Waals surface area contributed by atoms with Gasteiger partial charge in [0.05, 0.1) is 25.5 Å². The van der Waals surface area contributed by atoms with Crippen molar-refractivity contribution in [3.63, 3.8) is 0 Å². The standard InChI is InChI=1S/C26H21FN4O3/c1-34-20-11-9-17(10-12-20)14-30-16-28-24-21-7-2-3-8-22(21)31(25(24)26(30)33)15-23(32)29-19-6-4-5-18(27)13-19/h2-13,16H,14-15H2,1H3,(H,29,32). The number of carbonyl (C=O) groups is 1. The summed E-state index contributed by atoms with van der Waals surface area (Å²) in [5.74, 6) is -0.0902. The molecular formula is C26H21FN4O3. The topological polar surface area (TPSA) is 78.2 Å². The minimum Gasteiger partial charge on any atom is -0.497 e. The van der Waals surface area contributed by atoms with Crippen LogP contribution in [0.25, 0.3) is 21.9 Å². The predicted molar refractivity (Wildman–Crippen MR) is 129 cm³/mol. The molecule has 0 unspecified atom stereocenters. The lowest BCUT2D eigenvalue weighted by molar-refractivity contribution is -0.116. The van der Waals surface area contributed by atoms with E-state index in [1.54, 1.807) is 17.7 Å². The van der Waals surface area contributed by atoms with Gasteiger partial charge >= 0.3 is 0 Å². The molecule has 1 N–H and O–H groups in total. The van der Waals surface area contributed by atoms with Crippen LogP contribution < -0.4 is 15.6 Å². The zero-order valence-corrected chi connectivity index (χ0v) is 18.4. The van der Waals surface area contributed by atoms with E-state index >= 15 is 0 Å². The summed E-state index contributed by atoms with van der Waals surface area (Å²) >= 11 is 0. The highest BCUT2D eigenvalue weighted by Crippen LogP contribution is 2.25. The van der Waals surface area contributed by atoms with Gasteiger partial charge in [-0.2, -0.15) is 0 Å². The van der Waals surface area contributed by atoms with Crippen LogP contribution in [0.4, 0.5) is 10.1 Å². The lowest BCUT2D eigenvalue weighted by atomic mass is 10.2. The van der Waals surface area contributed by atoms with Crippen LogP contribution >= 0.6 is 0 Å². The Morgan fingerprint density at radius 3 is 2.62 bits per heavy atom. The Labute approximate surface area is 194 Å². The first-order valence-corrected chi connectivity index (χ1v) is 10.7. The Balaban J connectivity index is 1.55. The summed E-state index contributed by atoms with van der Waals surface area (Å²) in [6.07, 6.45) is 1.53. The first-order chi connectivity index (χ1) is 16.5. The summed E-state index contributed by atoms with van der Waals surface area (Å²) in [5, 5.41) is 3.48. The second kappa shape index (κ2) is 8.82. The van der Waals surface area contributed by atoms with E-state index in [-0.39, 0.29) is 18.0 Å². The number of halogens is 1. The Morgan fingerprint density at radius 2 is 1.85 bits per heavy atom. The lowest BCUT2D eigenvalue weighted by Gasteiger charge is -2.10. The van der Waals surface area contributed by atoms with Crippen LogP contribution in [-0.2, 0) is 17.9 Å². The van der Waals surface area contributed by atoms with E-state index in [0.29, 0.717) is 23.3 Å². The zero-order chi connectivity index (χ0) is 23.7. The van der Waals surface area contributed by atoms with E-state index in [1.165, 1.54) is 29.1 Å². The number of carbonyl (C=O) groups excluding carboxylic acids is 1. The molecule has 8 heteroatoms. The maximum Gasteiger partial charge on any atom is 0.278 e. The third-order valence-electron chi connectivity index (χ3n) is 5.66. The molecule has 3 aromatic carbocycles. The number of ether oxygens (including phenoxy) is 1. The molecule has 170 valence electrons. The Hall–Kier alpha value is -4.46. The molecular weight excluding hydrogens is 435 g/mol. The highest BCUT2D eigenvalue weighted by Gasteiger charge is 2.18. The molecule has 7 nitrogen and oxygen atoms in total. The molecule has 0 radical (unpaired) electrons. The second-order valence-electron chi connectivity index (χ2n) is 7.88. The lowest BCUT2D eigenvalue weighted by Crippen LogP contribution is -2.25. The number of amides is 1. The quantitative estimate of drug-likeness (QED) is 0.416. The predicted octanol–water partition coefficient (Wildman–Crippen LogP) is 4.19. The number of anilines is 1. The van der Waals surface area contributed by atoms with Crippen molar-refractivity contribution in [1.82, 2.24) is 14.1 Å². The number of aromatic nitrogens is 3. The Kier molecular flexibility index (Phi) is 5.55. The number of hydrogen-bond donors (Lipinski definition) is 1. The van der Waals surface area contributed by atoms with Crippen LogP contribution in [0, 0.1) is 5.82 Å². The molecule has 2 heterocycles. The normalized spacial score (nSPS) is 11.1. The molecule has 1 amide bonds. The number of nitrogens with zero attached hydrogens (tertiary/aromatic N) is 3. The Morgan fingerprint density at radius 1 is 1.06 bits per heavy atom. The fourth-order valence-electron chi connectivity index (χ4n) is 4.06. The van der Waals surface area contributed by atoms with E-state index < -0.39 is 5.82 Å². The number of para-hydroxylation sites is 1. The van der Waals surface area contributed by atoms with Crippen molar-refractivity contribution in [2.24, 2.45) is 0 Å². The van der Waals surface area contributed by atoms with Gasteiger partial charge in [0.2, 0.25) is 5.91 Å². The highest BCUT2D eigenvalue weighted by atomic mass is 19.1. The first kappa shape index (κ1) is 21.4. The number of methoxy groups -OCH3 is 1. The Bertz CT molecular complexity index is 1570. The molecule has 5 rings (SSSR count). The number of benzene rings is 3. The first-order valence-electron chi connectivity index (χ1n) is 10.7. The van der Waals surface area contributed by atoms with Crippen molar-refractivity contribution in [2.45, 2.75) is 13.1 Å². The molecule has 0 saturated carbocycles. The molecule has 0 aliphatic carbocycles. The van der Waals surface area contributed by atoms with Gasteiger partial charge in [-0.25, -0.2) is 9.37 Å². The minimum atomic E-state index is -0.444. The van der Waals surface area contributed by atoms with Crippen molar-refractivity contribution in [2.75, 3.05) is 12.4 Å². The van der Waals surface area contributed by atoms with Gasteiger partial charge in [0, 0.05) is 11.1 Å². The molecule has 0 saturated heterocycles. The van der Waals surface area contributed by atoms with Crippen LogP contribution in [0.3, 0.4) is 0 Å². The number of nitrogens with one attached hydrogen (secondary N) is 1. The van der Waals surface area contributed by atoms with Gasteiger partial charge in [-0.05, 0) is 42.0 Å². The average molecular weight is 456 g/mol. The molecule has 2 aromatic heterocycles. The fourth-order valence-corrected chi connectivity index (χ4v) is 4.06. The van der Waals surface area contributed by atoms with Gasteiger partial charge in [0.25, 0.3) is 5.56 Å². The van der Waals surface area contributed by atoms with Crippen molar-refractivity contribution >= 4 is 33.5 Å². The molecule has 5 aromatic rings. The maximum absolute atomic E-state index is 13.5. The van der Waals surface area contributed by atoms with Crippen molar-refractivity contribution < 1.29 is 13.9 Å². The highest BCUT2D eigenvalue weighted by molar-refractivity contribution is 6.06. The SMILES string of the molecule is COc1ccc(Cn2cnc3c4ccccc4n(CC(=O)Nc4cccc(F)c4)c3c2=O)cc1. The summed E-state index contributed by atoms with van der Waals surface area (Å²) in [6.45, 7) is 0.201. The summed E-state index contributed by atoms with van der Waals surface area (Å²) < 4.78 is 21.9. The van der Waals surface area contributed by atoms with Gasteiger partial charge in [0.1, 0.15) is 29.1 Å². The largest absolute Gasteiger partial charge is 0.497 e. The van der Waals surface area contributed by atoms with Crippen LogP contribution in [0.15, 0.2) is 83.9 Å². The van der Waals surface area contributed by atoms with Crippen LogP contribution in [0.5, 0.6) is 5.75 Å².